The molecular formula is C23H30N2O3S3. The van der Waals surface area contributed by atoms with E-state index in [1.54, 1.807) is 23.5 Å². The summed E-state index contributed by atoms with van der Waals surface area (Å²) in [5, 5.41) is 3.97. The van der Waals surface area contributed by atoms with Crippen LogP contribution in [0.3, 0.4) is 0 Å². The van der Waals surface area contributed by atoms with Crippen molar-refractivity contribution in [2.24, 2.45) is 0 Å². The Bertz CT molecular complexity index is 930. The molecule has 31 heavy (non-hydrogen) atoms. The molecule has 2 rings (SSSR count). The predicted molar refractivity (Wildman–Crippen MR) is 135 cm³/mol. The van der Waals surface area contributed by atoms with E-state index in [-0.39, 0.29) is 5.91 Å². The van der Waals surface area contributed by atoms with Gasteiger partial charge in [-0.15, -0.1) is 0 Å². The van der Waals surface area contributed by atoms with E-state index in [1.165, 1.54) is 17.2 Å². The second kappa shape index (κ2) is 13.6. The molecule has 1 unspecified atom stereocenters. The van der Waals surface area contributed by atoms with E-state index in [4.69, 9.17) is 0 Å². The molecule has 0 aliphatic carbocycles. The highest BCUT2D eigenvalue weighted by Crippen LogP contribution is 2.12. The second-order valence-corrected chi connectivity index (χ2v) is 10.7. The van der Waals surface area contributed by atoms with Crippen molar-refractivity contribution in [3.05, 3.63) is 76.7 Å². The van der Waals surface area contributed by atoms with Crippen molar-refractivity contribution in [3.63, 3.8) is 0 Å². The van der Waals surface area contributed by atoms with E-state index < -0.39 is 16.1 Å². The number of amides is 1. The smallest absolute Gasteiger partial charge is 0.238 e. The number of hydrogen-bond donors (Lipinski definition) is 2. The lowest BCUT2D eigenvalue weighted by Gasteiger charge is -2.17. The van der Waals surface area contributed by atoms with Gasteiger partial charge in [0.2, 0.25) is 15.9 Å². The average molecular weight is 479 g/mol. The van der Waals surface area contributed by atoms with Crippen LogP contribution in [0.4, 0.5) is 0 Å². The fourth-order valence-corrected chi connectivity index (χ4v) is 5.02. The Morgan fingerprint density at radius 2 is 1.77 bits per heavy atom. The van der Waals surface area contributed by atoms with Crippen LogP contribution < -0.4 is 10.0 Å². The van der Waals surface area contributed by atoms with Crippen LogP contribution in [0.25, 0.3) is 6.08 Å². The van der Waals surface area contributed by atoms with Crippen molar-refractivity contribution in [2.75, 3.05) is 24.3 Å². The van der Waals surface area contributed by atoms with Crippen molar-refractivity contribution in [3.8, 4) is 0 Å². The lowest BCUT2D eigenvalue weighted by molar-refractivity contribution is -0.122. The van der Waals surface area contributed by atoms with Gasteiger partial charge in [-0.25, -0.2) is 8.42 Å². The maximum absolute atomic E-state index is 12.6. The van der Waals surface area contributed by atoms with E-state index in [2.05, 4.69) is 41.2 Å². The maximum Gasteiger partial charge on any atom is 0.238 e. The lowest BCUT2D eigenvalue weighted by atomic mass is 10.2. The molecule has 0 bridgehead atoms. The predicted octanol–water partition coefficient (Wildman–Crippen LogP) is 4.06. The molecule has 8 heteroatoms. The molecule has 0 heterocycles. The third-order valence-electron chi connectivity index (χ3n) is 4.41. The first-order valence-electron chi connectivity index (χ1n) is 10.0. The van der Waals surface area contributed by atoms with Gasteiger partial charge in [0.15, 0.2) is 0 Å². The molecule has 2 aromatic carbocycles. The fraction of sp³-hybridized carbons (Fsp3) is 0.348. The molecule has 0 saturated carbocycles. The summed E-state index contributed by atoms with van der Waals surface area (Å²) < 4.78 is 27.4. The molecule has 1 amide bonds. The van der Waals surface area contributed by atoms with Gasteiger partial charge in [0, 0.05) is 23.5 Å². The van der Waals surface area contributed by atoms with E-state index in [1.807, 2.05) is 36.6 Å². The molecule has 2 aromatic rings. The third kappa shape index (κ3) is 10.4. The summed E-state index contributed by atoms with van der Waals surface area (Å²) in [7, 11) is -3.74. The van der Waals surface area contributed by atoms with Crippen molar-refractivity contribution < 1.29 is 13.2 Å². The van der Waals surface area contributed by atoms with E-state index in [0.29, 0.717) is 18.7 Å². The highest BCUT2D eigenvalue weighted by molar-refractivity contribution is 7.98. The molecule has 0 radical (unpaired) electrons. The molecule has 0 aliphatic heterocycles. The number of nitrogens with one attached hydrogen (secondary N) is 2. The number of carbonyl (C=O) groups is 1. The van der Waals surface area contributed by atoms with Crippen LogP contribution in [-0.4, -0.2) is 44.7 Å². The summed E-state index contributed by atoms with van der Waals surface area (Å²) in [4.78, 5) is 12.6. The van der Waals surface area contributed by atoms with Gasteiger partial charge in [-0.05, 0) is 42.6 Å². The monoisotopic (exact) mass is 478 g/mol. The van der Waals surface area contributed by atoms with Crippen molar-refractivity contribution in [1.29, 1.82) is 0 Å². The Kier molecular flexibility index (Phi) is 11.2. The first-order chi connectivity index (χ1) is 14.9. The SMILES string of the molecule is CSCCC(NS(=O)(=O)/C=C/c1ccccc1)C(=O)NCCSCc1ccc(C)cc1. The molecule has 0 aliphatic rings. The van der Waals surface area contributed by atoms with Gasteiger partial charge in [0.1, 0.15) is 6.04 Å². The third-order valence-corrected chi connectivity index (χ3v) is 7.19. The number of sulfonamides is 1. The van der Waals surface area contributed by atoms with Crippen molar-refractivity contribution >= 4 is 45.5 Å². The van der Waals surface area contributed by atoms with Crippen LogP contribution in [0.2, 0.25) is 0 Å². The number of rotatable bonds is 13. The maximum atomic E-state index is 12.6. The molecule has 1 atom stereocenters. The molecular weight excluding hydrogens is 448 g/mol. The normalized spacial score (nSPS) is 12.7. The van der Waals surface area contributed by atoms with Gasteiger partial charge >= 0.3 is 0 Å². The van der Waals surface area contributed by atoms with Gasteiger partial charge in [0.05, 0.1) is 0 Å². The molecule has 0 saturated heterocycles. The summed E-state index contributed by atoms with van der Waals surface area (Å²) in [6, 6.07) is 16.8. The summed E-state index contributed by atoms with van der Waals surface area (Å²) in [5.74, 6) is 2.03. The minimum Gasteiger partial charge on any atom is -0.354 e. The number of thioether (sulfide) groups is 2. The van der Waals surface area contributed by atoms with Gasteiger partial charge in [-0.1, -0.05) is 60.2 Å². The minimum absolute atomic E-state index is 0.290. The zero-order valence-corrected chi connectivity index (χ0v) is 20.4. The Morgan fingerprint density at radius 1 is 1.06 bits per heavy atom. The summed E-state index contributed by atoms with van der Waals surface area (Å²) in [5.41, 5.74) is 3.26. The van der Waals surface area contributed by atoms with Crippen molar-refractivity contribution in [2.45, 2.75) is 25.1 Å². The zero-order valence-electron chi connectivity index (χ0n) is 17.9. The lowest BCUT2D eigenvalue weighted by Crippen LogP contribution is -2.47. The van der Waals surface area contributed by atoms with Gasteiger partial charge in [-0.2, -0.15) is 28.2 Å². The Labute approximate surface area is 194 Å². The highest BCUT2D eigenvalue weighted by atomic mass is 32.2. The van der Waals surface area contributed by atoms with Crippen LogP contribution in [0.1, 0.15) is 23.1 Å². The zero-order chi connectivity index (χ0) is 22.5. The number of carbonyl (C=O) groups excluding carboxylic acids is 1. The van der Waals surface area contributed by atoms with Crippen LogP contribution >= 0.6 is 23.5 Å². The largest absolute Gasteiger partial charge is 0.354 e. The van der Waals surface area contributed by atoms with E-state index in [9.17, 15) is 13.2 Å². The number of aryl methyl sites for hydroxylation is 1. The van der Waals surface area contributed by atoms with Crippen molar-refractivity contribution in [1.82, 2.24) is 10.0 Å². The van der Waals surface area contributed by atoms with Crippen LogP contribution in [0.5, 0.6) is 0 Å². The van der Waals surface area contributed by atoms with Crippen LogP contribution in [0, 0.1) is 6.92 Å². The topological polar surface area (TPSA) is 75.3 Å². The first-order valence-corrected chi connectivity index (χ1v) is 14.1. The average Bonchev–Trinajstić information content (AvgIpc) is 2.77. The summed E-state index contributed by atoms with van der Waals surface area (Å²) >= 11 is 3.31. The van der Waals surface area contributed by atoms with E-state index in [0.717, 1.165) is 22.5 Å². The van der Waals surface area contributed by atoms with Gasteiger partial charge < -0.3 is 5.32 Å². The van der Waals surface area contributed by atoms with Gasteiger partial charge in [-0.3, -0.25) is 4.79 Å². The molecule has 0 fully saturated rings. The standard InChI is InChI=1S/C23H30N2O3S3/c1-19-8-10-21(11-9-19)18-30-16-14-24-23(26)22(12-15-29-2)25-31(27,28)17-13-20-6-4-3-5-7-20/h3-11,13,17,22,25H,12,14-16,18H2,1-2H3,(H,24,26)/b17-13+. The Hall–Kier alpha value is -1.74. The molecule has 168 valence electrons. The van der Waals surface area contributed by atoms with E-state index >= 15 is 0 Å². The Balaban J connectivity index is 1.83. The number of benzene rings is 2. The fourth-order valence-electron chi connectivity index (χ4n) is 2.69. The highest BCUT2D eigenvalue weighted by Gasteiger charge is 2.22. The molecule has 0 spiro atoms. The summed E-state index contributed by atoms with van der Waals surface area (Å²) in [6.07, 6.45) is 3.88. The molecule has 0 aromatic heterocycles. The van der Waals surface area contributed by atoms with Crippen LogP contribution in [0.15, 0.2) is 60.0 Å². The number of hydrogen-bond acceptors (Lipinski definition) is 5. The quantitative estimate of drug-likeness (QED) is 0.425. The minimum atomic E-state index is -3.74. The van der Waals surface area contributed by atoms with Gasteiger partial charge in [0.25, 0.3) is 0 Å². The second-order valence-electron chi connectivity index (χ2n) is 7.04. The summed E-state index contributed by atoms with van der Waals surface area (Å²) in [6.45, 7) is 2.55. The molecule has 2 N–H and O–H groups in total. The Morgan fingerprint density at radius 3 is 2.45 bits per heavy atom. The van der Waals surface area contributed by atoms with Crippen LogP contribution in [-0.2, 0) is 20.6 Å². The molecule has 5 nitrogen and oxygen atoms in total. The first kappa shape index (κ1) is 25.5.